The Morgan fingerprint density at radius 3 is 2.62 bits per heavy atom. The van der Waals surface area contributed by atoms with Crippen molar-refractivity contribution in [2.45, 2.75) is 6.61 Å². The molecule has 2 aromatic carbocycles. The molecule has 122 valence electrons. The van der Waals surface area contributed by atoms with Crippen LogP contribution in [0.2, 0.25) is 5.02 Å². The molecule has 6 heteroatoms. The molecular weight excluding hydrogens is 362 g/mol. The molecule has 0 aromatic heterocycles. The van der Waals surface area contributed by atoms with Crippen LogP contribution in [0.25, 0.3) is 6.08 Å². The van der Waals surface area contributed by atoms with Crippen LogP contribution in [0.5, 0.6) is 5.75 Å². The first-order valence-corrected chi connectivity index (χ1v) is 8.83. The zero-order chi connectivity index (χ0) is 17.1. The van der Waals surface area contributed by atoms with E-state index in [9.17, 15) is 4.79 Å². The van der Waals surface area contributed by atoms with Crippen molar-refractivity contribution in [2.24, 2.45) is 0 Å². The van der Waals surface area contributed by atoms with E-state index >= 15 is 0 Å². The summed E-state index contributed by atoms with van der Waals surface area (Å²) in [6.07, 6.45) is 1.81. The number of thioether (sulfide) groups is 1. The minimum absolute atomic E-state index is 0.0918. The lowest BCUT2D eigenvalue weighted by Crippen LogP contribution is -2.22. The number of nitrogens with zero attached hydrogens (tertiary/aromatic N) is 1. The number of hydrogen-bond acceptors (Lipinski definition) is 4. The molecule has 1 fully saturated rings. The van der Waals surface area contributed by atoms with Gasteiger partial charge in [-0.15, -0.1) is 0 Å². The number of likely N-dealkylation sites (N-methyl/N-ethyl adjacent to an activating group) is 1. The topological polar surface area (TPSA) is 29.5 Å². The number of thiocarbonyl (C=S) groups is 1. The van der Waals surface area contributed by atoms with E-state index in [0.717, 1.165) is 11.1 Å². The smallest absolute Gasteiger partial charge is 0.265 e. The highest BCUT2D eigenvalue weighted by Gasteiger charge is 2.28. The van der Waals surface area contributed by atoms with Crippen molar-refractivity contribution in [3.63, 3.8) is 0 Å². The zero-order valence-electron chi connectivity index (χ0n) is 12.9. The van der Waals surface area contributed by atoms with E-state index in [2.05, 4.69) is 0 Å². The summed E-state index contributed by atoms with van der Waals surface area (Å²) < 4.78 is 6.46. The molecule has 1 amide bonds. The molecule has 0 unspecified atom stereocenters. The Balaban J connectivity index is 1.83. The van der Waals surface area contributed by atoms with Crippen LogP contribution in [-0.2, 0) is 11.4 Å². The summed E-state index contributed by atoms with van der Waals surface area (Å²) in [6, 6.07) is 15.1. The summed E-state index contributed by atoms with van der Waals surface area (Å²) >= 11 is 12.6. The molecule has 1 aliphatic rings. The molecule has 2 aromatic rings. The first-order valence-electron chi connectivity index (χ1n) is 7.23. The monoisotopic (exact) mass is 375 g/mol. The number of carbonyl (C=O) groups is 1. The van der Waals surface area contributed by atoms with Gasteiger partial charge in [0, 0.05) is 23.2 Å². The molecule has 0 aliphatic carbocycles. The number of halogens is 1. The summed E-state index contributed by atoms with van der Waals surface area (Å²) in [7, 11) is 1.68. The Morgan fingerprint density at radius 2 is 1.92 bits per heavy atom. The molecule has 0 spiro atoms. The standard InChI is InChI=1S/C18H14ClNO2S2/c1-20-17(21)16(24-18(20)23)10-12-6-3-5-9-15(12)22-11-13-7-2-4-8-14(13)19/h2-10H,11H2,1H3/b16-10+. The Kier molecular flexibility index (Phi) is 5.23. The average Bonchev–Trinajstić information content (AvgIpc) is 2.82. The van der Waals surface area contributed by atoms with E-state index in [0.29, 0.717) is 26.6 Å². The van der Waals surface area contributed by atoms with E-state index < -0.39 is 0 Å². The zero-order valence-corrected chi connectivity index (χ0v) is 15.3. The molecule has 24 heavy (non-hydrogen) atoms. The van der Waals surface area contributed by atoms with E-state index in [1.54, 1.807) is 7.05 Å². The number of rotatable bonds is 4. The summed E-state index contributed by atoms with van der Waals surface area (Å²) in [5, 5.41) is 0.668. The van der Waals surface area contributed by atoms with Gasteiger partial charge < -0.3 is 4.74 Å². The maximum Gasteiger partial charge on any atom is 0.265 e. The van der Waals surface area contributed by atoms with E-state index in [4.69, 9.17) is 28.6 Å². The molecule has 1 saturated heterocycles. The highest BCUT2D eigenvalue weighted by atomic mass is 35.5. The summed E-state index contributed by atoms with van der Waals surface area (Å²) in [5.74, 6) is 0.602. The number of amides is 1. The van der Waals surface area contributed by atoms with Gasteiger partial charge >= 0.3 is 0 Å². The summed E-state index contributed by atoms with van der Waals surface area (Å²) in [6.45, 7) is 0.360. The van der Waals surface area contributed by atoms with Crippen LogP contribution in [0, 0.1) is 0 Å². The van der Waals surface area contributed by atoms with Gasteiger partial charge in [-0.2, -0.15) is 0 Å². The van der Waals surface area contributed by atoms with Crippen molar-refractivity contribution < 1.29 is 9.53 Å². The van der Waals surface area contributed by atoms with Gasteiger partial charge in [0.1, 0.15) is 16.7 Å². The quantitative estimate of drug-likeness (QED) is 0.569. The highest BCUT2D eigenvalue weighted by molar-refractivity contribution is 8.26. The van der Waals surface area contributed by atoms with Crippen LogP contribution >= 0.6 is 35.6 Å². The van der Waals surface area contributed by atoms with Gasteiger partial charge in [0.25, 0.3) is 5.91 Å². The predicted octanol–water partition coefficient (Wildman–Crippen LogP) is 4.75. The number of para-hydroxylation sites is 1. The van der Waals surface area contributed by atoms with Gasteiger partial charge in [-0.05, 0) is 18.2 Å². The van der Waals surface area contributed by atoms with E-state index in [1.165, 1.54) is 16.7 Å². The molecule has 0 atom stereocenters. The number of benzene rings is 2. The minimum atomic E-state index is -0.0918. The van der Waals surface area contributed by atoms with Crippen molar-refractivity contribution in [1.82, 2.24) is 4.90 Å². The lowest BCUT2D eigenvalue weighted by atomic mass is 10.1. The maximum absolute atomic E-state index is 12.1. The van der Waals surface area contributed by atoms with Crippen molar-refractivity contribution >= 4 is 51.9 Å². The van der Waals surface area contributed by atoms with Crippen LogP contribution in [0.4, 0.5) is 0 Å². The van der Waals surface area contributed by atoms with Gasteiger partial charge in [-0.25, -0.2) is 0 Å². The van der Waals surface area contributed by atoms with Gasteiger partial charge in [0.05, 0.1) is 4.91 Å². The maximum atomic E-state index is 12.1. The van der Waals surface area contributed by atoms with Gasteiger partial charge in [0.2, 0.25) is 0 Å². The third kappa shape index (κ3) is 3.64. The van der Waals surface area contributed by atoms with Crippen molar-refractivity contribution in [2.75, 3.05) is 7.05 Å². The molecule has 1 heterocycles. The van der Waals surface area contributed by atoms with Crippen LogP contribution in [0.3, 0.4) is 0 Å². The SMILES string of the molecule is CN1C(=O)/C(=C\c2ccccc2OCc2ccccc2Cl)SC1=S. The largest absolute Gasteiger partial charge is 0.488 e. The van der Waals surface area contributed by atoms with Crippen molar-refractivity contribution in [3.8, 4) is 5.75 Å². The fourth-order valence-corrected chi connectivity index (χ4v) is 3.55. The molecule has 1 aliphatic heterocycles. The second kappa shape index (κ2) is 7.38. The van der Waals surface area contributed by atoms with Gasteiger partial charge in [-0.1, -0.05) is 72.0 Å². The Bertz CT molecular complexity index is 835. The number of carbonyl (C=O) groups excluding carboxylic acids is 1. The molecule has 0 N–H and O–H groups in total. The fraction of sp³-hybridized carbons (Fsp3) is 0.111. The average molecular weight is 376 g/mol. The molecule has 0 radical (unpaired) electrons. The van der Waals surface area contributed by atoms with Crippen LogP contribution in [-0.4, -0.2) is 22.2 Å². The molecular formula is C18H14ClNO2S2. The predicted molar refractivity (Wildman–Crippen MR) is 103 cm³/mol. The highest BCUT2D eigenvalue weighted by Crippen LogP contribution is 2.33. The lowest BCUT2D eigenvalue weighted by Gasteiger charge is -2.10. The van der Waals surface area contributed by atoms with Crippen LogP contribution < -0.4 is 4.74 Å². The van der Waals surface area contributed by atoms with E-state index in [-0.39, 0.29) is 5.91 Å². The van der Waals surface area contributed by atoms with Crippen molar-refractivity contribution in [1.29, 1.82) is 0 Å². The second-order valence-corrected chi connectivity index (χ2v) is 7.24. The summed E-state index contributed by atoms with van der Waals surface area (Å²) in [5.41, 5.74) is 1.74. The molecule has 3 nitrogen and oxygen atoms in total. The van der Waals surface area contributed by atoms with Crippen LogP contribution in [0.1, 0.15) is 11.1 Å². The summed E-state index contributed by atoms with van der Waals surface area (Å²) in [4.78, 5) is 14.2. The molecule has 3 rings (SSSR count). The fourth-order valence-electron chi connectivity index (χ4n) is 2.19. The lowest BCUT2D eigenvalue weighted by molar-refractivity contribution is -0.121. The van der Waals surface area contributed by atoms with Crippen molar-refractivity contribution in [3.05, 3.63) is 69.6 Å². The molecule has 0 saturated carbocycles. The Labute approximate surface area is 155 Å². The first kappa shape index (κ1) is 17.0. The third-order valence-electron chi connectivity index (χ3n) is 3.53. The van der Waals surface area contributed by atoms with Crippen LogP contribution in [0.15, 0.2) is 53.4 Å². The molecule has 0 bridgehead atoms. The normalized spacial score (nSPS) is 16.1. The van der Waals surface area contributed by atoms with Gasteiger partial charge in [-0.3, -0.25) is 9.69 Å². The van der Waals surface area contributed by atoms with E-state index in [1.807, 2.05) is 54.6 Å². The number of ether oxygens (including phenoxy) is 1. The first-order chi connectivity index (χ1) is 11.6. The second-order valence-electron chi connectivity index (χ2n) is 5.16. The Hall–Kier alpha value is -1.82. The Morgan fingerprint density at radius 1 is 1.21 bits per heavy atom. The number of hydrogen-bond donors (Lipinski definition) is 0. The van der Waals surface area contributed by atoms with Gasteiger partial charge in [0.15, 0.2) is 0 Å². The minimum Gasteiger partial charge on any atom is -0.488 e. The third-order valence-corrected chi connectivity index (χ3v) is 5.39.